The fraction of sp³-hybridized carbons (Fsp3) is 0.571. The lowest BCUT2D eigenvalue weighted by Gasteiger charge is -2.08. The number of rotatable bonds is 19. The number of pyridine rings is 2. The first-order valence-electron chi connectivity index (χ1n) is 13.6. The van der Waals surface area contributed by atoms with Gasteiger partial charge in [0.25, 0.3) is 0 Å². The summed E-state index contributed by atoms with van der Waals surface area (Å²) in [4.78, 5) is 32.1. The number of aromatic nitrogens is 2. The van der Waals surface area contributed by atoms with Gasteiger partial charge in [0.2, 0.25) is 0 Å². The molecule has 0 aromatic carbocycles. The Morgan fingerprint density at radius 3 is 1.22 bits per heavy atom. The third kappa shape index (κ3) is 15.7. The van der Waals surface area contributed by atoms with E-state index in [0.717, 1.165) is 63.0 Å². The van der Waals surface area contributed by atoms with Crippen LogP contribution in [-0.4, -0.2) is 48.2 Å². The van der Waals surface area contributed by atoms with Gasteiger partial charge in [-0.25, -0.2) is 9.59 Å². The van der Waals surface area contributed by atoms with Gasteiger partial charge in [0.15, 0.2) is 0 Å². The fourth-order valence-corrected chi connectivity index (χ4v) is 3.89. The number of carbonyl (C=O) groups is 2. The molecule has 2 aromatic rings. The molecule has 0 bridgehead atoms. The smallest absolute Gasteiger partial charge is 0.314 e. The third-order valence-electron chi connectivity index (χ3n) is 5.96. The topological polar surface area (TPSA) is 108 Å². The highest BCUT2D eigenvalue weighted by molar-refractivity contribution is 5.74. The molecule has 0 unspecified atom stereocenters. The summed E-state index contributed by atoms with van der Waals surface area (Å²) >= 11 is 0. The molecule has 2 rings (SSSR count). The van der Waals surface area contributed by atoms with Crippen LogP contribution >= 0.6 is 0 Å². The lowest BCUT2D eigenvalue weighted by molar-refractivity contribution is 0.240. The van der Waals surface area contributed by atoms with Crippen molar-refractivity contribution in [2.24, 2.45) is 0 Å². The molecule has 0 spiro atoms. The number of hydrogen-bond donors (Lipinski definition) is 4. The van der Waals surface area contributed by atoms with Crippen LogP contribution < -0.4 is 21.3 Å². The maximum atomic E-state index is 11.8. The van der Waals surface area contributed by atoms with Crippen LogP contribution in [0.5, 0.6) is 0 Å². The molecule has 0 saturated carbocycles. The monoisotopic (exact) mass is 496 g/mol. The van der Waals surface area contributed by atoms with E-state index in [9.17, 15) is 9.59 Å². The normalized spacial score (nSPS) is 10.6. The Kier molecular flexibility index (Phi) is 16.2. The molecule has 0 atom stereocenters. The van der Waals surface area contributed by atoms with E-state index in [-0.39, 0.29) is 12.1 Å². The largest absolute Gasteiger partial charge is 0.338 e. The molecule has 4 amide bonds. The van der Waals surface area contributed by atoms with Crippen molar-refractivity contribution in [1.82, 2.24) is 31.2 Å². The van der Waals surface area contributed by atoms with Crippen LogP contribution in [-0.2, 0) is 12.8 Å². The first-order chi connectivity index (χ1) is 17.7. The highest BCUT2D eigenvalue weighted by Gasteiger charge is 2.01. The number of unbranched alkanes of at least 4 members (excludes halogenated alkanes) is 9. The van der Waals surface area contributed by atoms with E-state index < -0.39 is 0 Å². The number of hydrogen-bond acceptors (Lipinski definition) is 4. The van der Waals surface area contributed by atoms with E-state index in [1.54, 1.807) is 12.4 Å². The Bertz CT molecular complexity index is 750. The first-order valence-corrected chi connectivity index (χ1v) is 13.6. The van der Waals surface area contributed by atoms with Gasteiger partial charge in [-0.15, -0.1) is 0 Å². The molecule has 0 radical (unpaired) electrons. The van der Waals surface area contributed by atoms with Crippen LogP contribution in [0.1, 0.15) is 75.6 Å². The summed E-state index contributed by atoms with van der Waals surface area (Å²) in [7, 11) is 0. The van der Waals surface area contributed by atoms with Gasteiger partial charge in [-0.2, -0.15) is 0 Å². The molecule has 36 heavy (non-hydrogen) atoms. The molecule has 0 aliphatic heterocycles. The highest BCUT2D eigenvalue weighted by atomic mass is 16.2. The summed E-state index contributed by atoms with van der Waals surface area (Å²) in [6.07, 6.45) is 16.9. The van der Waals surface area contributed by atoms with E-state index in [1.165, 1.54) is 38.5 Å². The molecule has 8 nitrogen and oxygen atoms in total. The molecule has 0 fully saturated rings. The maximum Gasteiger partial charge on any atom is 0.314 e. The van der Waals surface area contributed by atoms with Gasteiger partial charge >= 0.3 is 12.1 Å². The van der Waals surface area contributed by atoms with Gasteiger partial charge in [0.05, 0.1) is 0 Å². The van der Waals surface area contributed by atoms with Crippen molar-refractivity contribution in [3.8, 4) is 0 Å². The summed E-state index contributed by atoms with van der Waals surface area (Å²) in [6, 6.07) is 11.4. The zero-order valence-electron chi connectivity index (χ0n) is 21.6. The van der Waals surface area contributed by atoms with E-state index in [0.29, 0.717) is 13.1 Å². The second-order valence-electron chi connectivity index (χ2n) is 9.04. The molecule has 2 heterocycles. The lowest BCUT2D eigenvalue weighted by Crippen LogP contribution is -2.37. The second kappa shape index (κ2) is 20.1. The third-order valence-corrected chi connectivity index (χ3v) is 5.96. The molecular formula is C28H44N6O2. The van der Waals surface area contributed by atoms with Crippen LogP contribution in [0.15, 0.2) is 48.8 Å². The first kappa shape index (κ1) is 29.1. The van der Waals surface area contributed by atoms with Crippen LogP contribution in [0, 0.1) is 0 Å². The van der Waals surface area contributed by atoms with Gasteiger partial charge in [0.1, 0.15) is 0 Å². The lowest BCUT2D eigenvalue weighted by atomic mass is 10.1. The van der Waals surface area contributed by atoms with Gasteiger partial charge in [-0.1, -0.05) is 63.5 Å². The van der Waals surface area contributed by atoms with Crippen molar-refractivity contribution in [1.29, 1.82) is 0 Å². The van der Waals surface area contributed by atoms with Crippen LogP contribution in [0.4, 0.5) is 9.59 Å². The average Bonchev–Trinajstić information content (AvgIpc) is 2.90. The van der Waals surface area contributed by atoms with Crippen LogP contribution in [0.2, 0.25) is 0 Å². The maximum absolute atomic E-state index is 11.8. The minimum Gasteiger partial charge on any atom is -0.338 e. The highest BCUT2D eigenvalue weighted by Crippen LogP contribution is 2.10. The van der Waals surface area contributed by atoms with Crippen molar-refractivity contribution in [2.75, 3.05) is 26.2 Å². The van der Waals surface area contributed by atoms with Gasteiger partial charge in [-0.05, 0) is 37.1 Å². The molecule has 0 saturated heterocycles. The quantitative estimate of drug-likeness (QED) is 0.210. The van der Waals surface area contributed by atoms with Crippen molar-refractivity contribution in [2.45, 2.75) is 77.0 Å². The average molecular weight is 497 g/mol. The molecule has 0 aliphatic rings. The van der Waals surface area contributed by atoms with Gasteiger partial charge in [-0.3, -0.25) is 9.97 Å². The van der Waals surface area contributed by atoms with Crippen molar-refractivity contribution >= 4 is 12.1 Å². The van der Waals surface area contributed by atoms with Gasteiger partial charge < -0.3 is 21.3 Å². The summed E-state index contributed by atoms with van der Waals surface area (Å²) in [5, 5.41) is 11.6. The molecule has 198 valence electrons. The number of nitrogens with zero attached hydrogens (tertiary/aromatic N) is 2. The summed E-state index contributed by atoms with van der Waals surface area (Å²) in [5.41, 5.74) is 1.98. The van der Waals surface area contributed by atoms with E-state index in [1.807, 2.05) is 36.4 Å². The Morgan fingerprint density at radius 1 is 0.500 bits per heavy atom. The van der Waals surface area contributed by atoms with Crippen molar-refractivity contribution in [3.05, 3.63) is 60.2 Å². The minimum absolute atomic E-state index is 0.0950. The zero-order valence-corrected chi connectivity index (χ0v) is 21.6. The number of amides is 4. The Morgan fingerprint density at radius 2 is 0.861 bits per heavy atom. The number of urea groups is 2. The summed E-state index contributed by atoms with van der Waals surface area (Å²) < 4.78 is 0. The van der Waals surface area contributed by atoms with Crippen LogP contribution in [0.25, 0.3) is 0 Å². The number of nitrogens with one attached hydrogen (secondary N) is 4. The number of carbonyl (C=O) groups excluding carboxylic acids is 2. The van der Waals surface area contributed by atoms with E-state index in [2.05, 4.69) is 31.2 Å². The zero-order chi connectivity index (χ0) is 25.5. The predicted molar refractivity (Wildman–Crippen MR) is 145 cm³/mol. The second-order valence-corrected chi connectivity index (χ2v) is 9.04. The summed E-state index contributed by atoms with van der Waals surface area (Å²) in [6.45, 7) is 2.65. The standard InChI is InChI=1S/C28H44N6O2/c35-27(33-23-17-25-15-9-13-19-29-25)31-21-11-7-5-3-1-2-4-6-8-12-22-32-28(36)34-24-18-26-16-10-14-20-30-26/h9-10,13-16,19-20H,1-8,11-12,17-18,21-24H2,(H2,31,33,35)(H2,32,34,36). The minimum atomic E-state index is -0.0950. The molecule has 8 heteroatoms. The molecule has 2 aromatic heterocycles. The molecule has 0 aliphatic carbocycles. The Labute approximate surface area is 216 Å². The van der Waals surface area contributed by atoms with E-state index in [4.69, 9.17) is 0 Å². The fourth-order valence-electron chi connectivity index (χ4n) is 3.89. The molecular weight excluding hydrogens is 452 g/mol. The summed E-state index contributed by atoms with van der Waals surface area (Å²) in [5.74, 6) is 0. The SMILES string of the molecule is O=C(NCCCCCCCCCCCCNC(=O)NCCc1ccccn1)NCCc1ccccn1. The Balaban J connectivity index is 1.26. The van der Waals surface area contributed by atoms with Crippen molar-refractivity contribution < 1.29 is 9.59 Å². The molecule has 4 N–H and O–H groups in total. The predicted octanol–water partition coefficient (Wildman–Crippen LogP) is 4.76. The van der Waals surface area contributed by atoms with Gasteiger partial charge in [0, 0.05) is 62.8 Å². The Hall–Kier alpha value is -3.16. The van der Waals surface area contributed by atoms with Crippen molar-refractivity contribution in [3.63, 3.8) is 0 Å². The van der Waals surface area contributed by atoms with Crippen LogP contribution in [0.3, 0.4) is 0 Å². The van der Waals surface area contributed by atoms with E-state index >= 15 is 0 Å².